The maximum absolute atomic E-state index is 11.3. The lowest BCUT2D eigenvalue weighted by Gasteiger charge is -2.00. The molecule has 1 nitrogen and oxygen atoms in total. The first kappa shape index (κ1) is 13.4. The Morgan fingerprint density at radius 1 is 1.14 bits per heavy atom. The van der Waals surface area contributed by atoms with Gasteiger partial charge < -0.3 is 0 Å². The monoisotopic (exact) mass is 196 g/mol. The predicted octanol–water partition coefficient (Wildman–Crippen LogP) is 4.27. The molecular formula is C13H24O. The first-order chi connectivity index (χ1) is 6.75. The number of carbonyl (C=O) groups excluding carboxylic acids is 1. The van der Waals surface area contributed by atoms with Crippen LogP contribution in [0.5, 0.6) is 0 Å². The van der Waals surface area contributed by atoms with Gasteiger partial charge in [0.2, 0.25) is 0 Å². The minimum Gasteiger partial charge on any atom is -0.295 e. The van der Waals surface area contributed by atoms with Crippen molar-refractivity contribution in [3.63, 3.8) is 0 Å². The van der Waals surface area contributed by atoms with Crippen molar-refractivity contribution in [1.82, 2.24) is 0 Å². The van der Waals surface area contributed by atoms with E-state index in [0.29, 0.717) is 5.78 Å². The lowest BCUT2D eigenvalue weighted by Crippen LogP contribution is -1.96. The van der Waals surface area contributed by atoms with Crippen LogP contribution in [-0.2, 0) is 4.79 Å². The molecule has 1 heteroatoms. The number of unbranched alkanes of at least 4 members (excludes halogenated alkanes) is 2. The fraction of sp³-hybridized carbons (Fsp3) is 0.769. The fourth-order valence-corrected chi connectivity index (χ4v) is 1.75. The highest BCUT2D eigenvalue weighted by Gasteiger charge is 2.18. The molecule has 0 fully saturated rings. The summed E-state index contributed by atoms with van der Waals surface area (Å²) in [6.07, 6.45) is 6.49. The Morgan fingerprint density at radius 2 is 1.79 bits per heavy atom. The van der Waals surface area contributed by atoms with Gasteiger partial charge in [0.05, 0.1) is 0 Å². The van der Waals surface area contributed by atoms with E-state index in [-0.39, 0.29) is 0 Å². The Balaban J connectivity index is 0.000000791. The molecule has 0 saturated heterocycles. The summed E-state index contributed by atoms with van der Waals surface area (Å²) in [4.78, 5) is 11.3. The summed E-state index contributed by atoms with van der Waals surface area (Å²) in [5.74, 6) is 0.406. The first-order valence-electron chi connectivity index (χ1n) is 5.97. The van der Waals surface area contributed by atoms with Gasteiger partial charge in [-0.2, -0.15) is 0 Å². The maximum Gasteiger partial charge on any atom is 0.159 e. The molecule has 0 unspecified atom stereocenters. The maximum atomic E-state index is 11.3. The average molecular weight is 196 g/mol. The standard InChI is InChI=1S/C11H18O.C2H6/c1-3-4-5-6-10-9(2)7-8-11(10)12;1-2/h3-8H2,1-2H3;1-2H3. The number of hydrogen-bond donors (Lipinski definition) is 0. The molecule has 0 aromatic heterocycles. The second kappa shape index (κ2) is 7.78. The van der Waals surface area contributed by atoms with Crippen LogP contribution in [0, 0.1) is 0 Å². The van der Waals surface area contributed by atoms with Gasteiger partial charge in [0.1, 0.15) is 0 Å². The van der Waals surface area contributed by atoms with Crippen LogP contribution in [0.2, 0.25) is 0 Å². The Labute approximate surface area is 88.6 Å². The molecule has 0 spiro atoms. The van der Waals surface area contributed by atoms with E-state index < -0.39 is 0 Å². The molecule has 1 aliphatic carbocycles. The van der Waals surface area contributed by atoms with Gasteiger partial charge in [-0.1, -0.05) is 39.2 Å². The van der Waals surface area contributed by atoms with E-state index in [9.17, 15) is 4.79 Å². The zero-order valence-corrected chi connectivity index (χ0v) is 10.2. The summed E-state index contributed by atoms with van der Waals surface area (Å²) in [5, 5.41) is 0. The second-order valence-corrected chi connectivity index (χ2v) is 3.64. The number of Topliss-reactive ketones (excluding diaryl/α,β-unsaturated/α-hetero) is 1. The molecule has 14 heavy (non-hydrogen) atoms. The van der Waals surface area contributed by atoms with E-state index in [0.717, 1.165) is 24.8 Å². The number of ketones is 1. The SMILES string of the molecule is CC.CCCCCC1=C(C)CCC1=O. The van der Waals surface area contributed by atoms with Crippen LogP contribution in [0.3, 0.4) is 0 Å². The van der Waals surface area contributed by atoms with E-state index in [2.05, 4.69) is 13.8 Å². The Hall–Kier alpha value is -0.590. The van der Waals surface area contributed by atoms with E-state index >= 15 is 0 Å². The van der Waals surface area contributed by atoms with E-state index in [1.54, 1.807) is 0 Å². The molecule has 0 aliphatic heterocycles. The van der Waals surface area contributed by atoms with E-state index in [1.807, 2.05) is 13.8 Å². The van der Waals surface area contributed by atoms with Crippen LogP contribution in [0.25, 0.3) is 0 Å². The normalized spacial score (nSPS) is 15.6. The minimum absolute atomic E-state index is 0.406. The smallest absolute Gasteiger partial charge is 0.159 e. The van der Waals surface area contributed by atoms with Crippen molar-refractivity contribution >= 4 is 5.78 Å². The largest absolute Gasteiger partial charge is 0.295 e. The van der Waals surface area contributed by atoms with E-state index in [1.165, 1.54) is 24.8 Å². The summed E-state index contributed by atoms with van der Waals surface area (Å²) in [7, 11) is 0. The lowest BCUT2D eigenvalue weighted by molar-refractivity contribution is -0.115. The summed E-state index contributed by atoms with van der Waals surface area (Å²) in [6, 6.07) is 0. The van der Waals surface area contributed by atoms with E-state index in [4.69, 9.17) is 0 Å². The fourth-order valence-electron chi connectivity index (χ4n) is 1.75. The molecular weight excluding hydrogens is 172 g/mol. The molecule has 82 valence electrons. The minimum atomic E-state index is 0.406. The number of carbonyl (C=O) groups is 1. The van der Waals surface area contributed by atoms with Crippen LogP contribution in [0.15, 0.2) is 11.1 Å². The molecule has 1 rings (SSSR count). The molecule has 0 heterocycles. The number of hydrogen-bond acceptors (Lipinski definition) is 1. The molecule has 0 amide bonds. The lowest BCUT2D eigenvalue weighted by atomic mass is 10.0. The van der Waals surface area contributed by atoms with Crippen molar-refractivity contribution in [2.24, 2.45) is 0 Å². The average Bonchev–Trinajstić information content (AvgIpc) is 2.52. The molecule has 0 bridgehead atoms. The third kappa shape index (κ3) is 4.08. The zero-order chi connectivity index (χ0) is 11.0. The van der Waals surface area contributed by atoms with Crippen molar-refractivity contribution in [3.8, 4) is 0 Å². The van der Waals surface area contributed by atoms with Crippen LogP contribution in [0.1, 0.15) is 66.2 Å². The summed E-state index contributed by atoms with van der Waals surface area (Å²) < 4.78 is 0. The first-order valence-corrected chi connectivity index (χ1v) is 5.97. The Morgan fingerprint density at radius 3 is 2.21 bits per heavy atom. The molecule has 0 atom stereocenters. The molecule has 0 aromatic rings. The molecule has 1 aliphatic rings. The second-order valence-electron chi connectivity index (χ2n) is 3.64. The summed E-state index contributed by atoms with van der Waals surface area (Å²) in [5.41, 5.74) is 2.49. The van der Waals surface area contributed by atoms with Gasteiger partial charge >= 0.3 is 0 Å². The van der Waals surface area contributed by atoms with Crippen molar-refractivity contribution in [2.75, 3.05) is 0 Å². The van der Waals surface area contributed by atoms with Crippen molar-refractivity contribution in [1.29, 1.82) is 0 Å². The third-order valence-electron chi connectivity index (χ3n) is 2.61. The van der Waals surface area contributed by atoms with Gasteiger partial charge in [-0.25, -0.2) is 0 Å². The van der Waals surface area contributed by atoms with Gasteiger partial charge in [0, 0.05) is 6.42 Å². The Kier molecular flexibility index (Phi) is 7.45. The van der Waals surface area contributed by atoms with Crippen LogP contribution in [-0.4, -0.2) is 5.78 Å². The molecule has 0 saturated carbocycles. The van der Waals surface area contributed by atoms with Gasteiger partial charge in [0.15, 0.2) is 5.78 Å². The van der Waals surface area contributed by atoms with Crippen molar-refractivity contribution in [2.45, 2.75) is 66.2 Å². The third-order valence-corrected chi connectivity index (χ3v) is 2.61. The number of allylic oxidation sites excluding steroid dienone is 2. The van der Waals surface area contributed by atoms with Crippen LogP contribution in [0.4, 0.5) is 0 Å². The van der Waals surface area contributed by atoms with Gasteiger partial charge in [-0.15, -0.1) is 0 Å². The topological polar surface area (TPSA) is 17.1 Å². The van der Waals surface area contributed by atoms with Crippen molar-refractivity contribution < 1.29 is 4.79 Å². The predicted molar refractivity (Wildman–Crippen MR) is 62.4 cm³/mol. The van der Waals surface area contributed by atoms with Crippen molar-refractivity contribution in [3.05, 3.63) is 11.1 Å². The molecule has 0 radical (unpaired) electrons. The summed E-state index contributed by atoms with van der Waals surface area (Å²) in [6.45, 7) is 8.30. The highest BCUT2D eigenvalue weighted by molar-refractivity contribution is 5.98. The van der Waals surface area contributed by atoms with Crippen LogP contribution < -0.4 is 0 Å². The van der Waals surface area contributed by atoms with Crippen LogP contribution >= 0.6 is 0 Å². The quantitative estimate of drug-likeness (QED) is 0.614. The Bertz CT molecular complexity index is 201. The highest BCUT2D eigenvalue weighted by atomic mass is 16.1. The summed E-state index contributed by atoms with van der Waals surface area (Å²) >= 11 is 0. The zero-order valence-electron chi connectivity index (χ0n) is 10.2. The van der Waals surface area contributed by atoms with Gasteiger partial charge in [0.25, 0.3) is 0 Å². The highest BCUT2D eigenvalue weighted by Crippen LogP contribution is 2.26. The number of rotatable bonds is 4. The van der Waals surface area contributed by atoms with Gasteiger partial charge in [-0.3, -0.25) is 4.79 Å². The molecule has 0 N–H and O–H groups in total. The van der Waals surface area contributed by atoms with Gasteiger partial charge in [-0.05, 0) is 31.8 Å². The molecule has 0 aromatic carbocycles.